The van der Waals surface area contributed by atoms with Gasteiger partial charge in [0.1, 0.15) is 5.82 Å². The van der Waals surface area contributed by atoms with Crippen molar-refractivity contribution in [2.75, 3.05) is 25.4 Å². The van der Waals surface area contributed by atoms with Gasteiger partial charge in [0.2, 0.25) is 0 Å². The fourth-order valence-electron chi connectivity index (χ4n) is 2.87. The summed E-state index contributed by atoms with van der Waals surface area (Å²) in [5.74, 6) is 1.52. The highest BCUT2D eigenvalue weighted by atomic mass is 79.9. The molecule has 2 saturated heterocycles. The van der Waals surface area contributed by atoms with Crippen LogP contribution in [0.25, 0.3) is 0 Å². The average Bonchev–Trinajstić information content (AvgIpc) is 2.77. The predicted molar refractivity (Wildman–Crippen MR) is 62.5 cm³/mol. The van der Waals surface area contributed by atoms with E-state index >= 15 is 0 Å². The number of nitrogens with two attached hydrogens (primary N) is 1. The number of hydrogen-bond acceptors (Lipinski definition) is 3. The Morgan fingerprint density at radius 1 is 1.40 bits per heavy atom. The summed E-state index contributed by atoms with van der Waals surface area (Å²) in [5, 5.41) is 4.38. The van der Waals surface area contributed by atoms with Gasteiger partial charge in [0.05, 0.1) is 16.7 Å². The van der Waals surface area contributed by atoms with E-state index in [-0.39, 0.29) is 0 Å². The van der Waals surface area contributed by atoms with Crippen LogP contribution in [0.3, 0.4) is 0 Å². The Morgan fingerprint density at radius 2 is 2.20 bits per heavy atom. The van der Waals surface area contributed by atoms with Gasteiger partial charge in [-0.05, 0) is 41.2 Å². The van der Waals surface area contributed by atoms with Crippen LogP contribution in [0.5, 0.6) is 0 Å². The maximum absolute atomic E-state index is 6.00. The largest absolute Gasteiger partial charge is 0.383 e. The summed E-state index contributed by atoms with van der Waals surface area (Å²) in [6, 6.07) is 0.509. The van der Waals surface area contributed by atoms with E-state index in [2.05, 4.69) is 25.9 Å². The number of nitrogens with zero attached hydrogens (tertiary/aromatic N) is 3. The van der Waals surface area contributed by atoms with Crippen LogP contribution in [0.4, 0.5) is 5.82 Å². The molecule has 2 aliphatic heterocycles. The number of fused-ring (bicyclic) bond motifs is 2. The Balaban J connectivity index is 1.90. The second kappa shape index (κ2) is 3.49. The van der Waals surface area contributed by atoms with Crippen molar-refractivity contribution in [3.05, 3.63) is 10.7 Å². The van der Waals surface area contributed by atoms with E-state index in [1.807, 2.05) is 4.68 Å². The zero-order valence-electron chi connectivity index (χ0n) is 8.56. The Morgan fingerprint density at radius 3 is 2.93 bits per heavy atom. The molecule has 0 spiro atoms. The lowest BCUT2D eigenvalue weighted by Gasteiger charge is -2.31. The predicted octanol–water partition coefficient (Wildman–Crippen LogP) is 1.49. The number of aromatic nitrogens is 2. The molecule has 4 nitrogen and oxygen atoms in total. The smallest absolute Gasteiger partial charge is 0.136 e. The number of rotatable bonds is 1. The molecule has 1 aromatic heterocycles. The van der Waals surface area contributed by atoms with Crippen LogP contribution in [0.1, 0.15) is 18.9 Å². The van der Waals surface area contributed by atoms with Crippen LogP contribution in [0.15, 0.2) is 10.7 Å². The number of halogens is 1. The monoisotopic (exact) mass is 270 g/mol. The third-order valence-corrected chi connectivity index (χ3v) is 4.31. The summed E-state index contributed by atoms with van der Waals surface area (Å²) in [4.78, 5) is 2.54. The molecule has 0 aliphatic carbocycles. The molecular weight excluding hydrogens is 256 g/mol. The van der Waals surface area contributed by atoms with Crippen LogP contribution < -0.4 is 5.73 Å². The Bertz CT molecular complexity index is 375. The first-order valence-electron chi connectivity index (χ1n) is 5.46. The summed E-state index contributed by atoms with van der Waals surface area (Å²) in [5.41, 5.74) is 6.00. The molecule has 3 atom stereocenters. The van der Waals surface area contributed by atoms with Crippen molar-refractivity contribution in [1.82, 2.24) is 14.7 Å². The van der Waals surface area contributed by atoms with Gasteiger partial charge in [-0.25, -0.2) is 4.68 Å². The van der Waals surface area contributed by atoms with E-state index in [0.717, 1.165) is 16.2 Å². The molecule has 0 amide bonds. The highest BCUT2D eigenvalue weighted by Crippen LogP contribution is 2.37. The van der Waals surface area contributed by atoms with Crippen LogP contribution in [-0.4, -0.2) is 34.3 Å². The molecular formula is C10H15BrN4. The summed E-state index contributed by atoms with van der Waals surface area (Å²) in [6.45, 7) is 3.67. The van der Waals surface area contributed by atoms with E-state index in [4.69, 9.17) is 5.73 Å². The maximum Gasteiger partial charge on any atom is 0.136 e. The zero-order valence-corrected chi connectivity index (χ0v) is 10.2. The lowest BCUT2D eigenvalue weighted by molar-refractivity contribution is 0.196. The van der Waals surface area contributed by atoms with Crippen molar-refractivity contribution >= 4 is 21.7 Å². The molecule has 2 aliphatic rings. The van der Waals surface area contributed by atoms with E-state index in [1.165, 1.54) is 32.5 Å². The molecule has 0 saturated carbocycles. The van der Waals surface area contributed by atoms with E-state index < -0.39 is 0 Å². The van der Waals surface area contributed by atoms with Gasteiger partial charge in [0.15, 0.2) is 0 Å². The van der Waals surface area contributed by atoms with Gasteiger partial charge in [-0.2, -0.15) is 5.10 Å². The molecule has 3 unspecified atom stereocenters. The summed E-state index contributed by atoms with van der Waals surface area (Å²) >= 11 is 3.42. The van der Waals surface area contributed by atoms with Gasteiger partial charge >= 0.3 is 0 Å². The van der Waals surface area contributed by atoms with E-state index in [1.54, 1.807) is 6.20 Å². The van der Waals surface area contributed by atoms with Crippen molar-refractivity contribution in [2.45, 2.75) is 18.9 Å². The van der Waals surface area contributed by atoms with Gasteiger partial charge < -0.3 is 10.6 Å². The third kappa shape index (κ3) is 1.49. The van der Waals surface area contributed by atoms with Crippen LogP contribution in [-0.2, 0) is 0 Å². The van der Waals surface area contributed by atoms with Crippen molar-refractivity contribution in [2.24, 2.45) is 5.92 Å². The number of hydrogen-bond donors (Lipinski definition) is 1. The SMILES string of the molecule is Nc1c(Br)cnn1C1CCN2CCC1C2. The number of anilines is 1. The first kappa shape index (κ1) is 9.66. The Kier molecular flexibility index (Phi) is 2.25. The molecule has 1 aromatic rings. The third-order valence-electron chi connectivity index (χ3n) is 3.70. The van der Waals surface area contributed by atoms with Gasteiger partial charge in [0.25, 0.3) is 0 Å². The lowest BCUT2D eigenvalue weighted by atomic mass is 9.94. The minimum absolute atomic E-state index is 0.509. The molecule has 0 radical (unpaired) electrons. The van der Waals surface area contributed by atoms with Crippen LogP contribution in [0, 0.1) is 5.92 Å². The highest BCUT2D eigenvalue weighted by molar-refractivity contribution is 9.10. The second-order valence-electron chi connectivity index (χ2n) is 4.53. The average molecular weight is 271 g/mol. The molecule has 2 bridgehead atoms. The van der Waals surface area contributed by atoms with Crippen molar-refractivity contribution < 1.29 is 0 Å². The fraction of sp³-hybridized carbons (Fsp3) is 0.700. The standard InChI is InChI=1S/C10H15BrN4/c11-8-5-13-15(10(8)12)9-2-4-14-3-1-7(9)6-14/h5,7,9H,1-4,6,12H2. The van der Waals surface area contributed by atoms with Gasteiger partial charge in [0, 0.05) is 13.1 Å². The Labute approximate surface area is 97.5 Å². The minimum Gasteiger partial charge on any atom is -0.383 e. The quantitative estimate of drug-likeness (QED) is 0.842. The Hall–Kier alpha value is -0.550. The minimum atomic E-state index is 0.509. The molecule has 2 N–H and O–H groups in total. The highest BCUT2D eigenvalue weighted by Gasteiger charge is 2.36. The van der Waals surface area contributed by atoms with Crippen LogP contribution >= 0.6 is 15.9 Å². The molecule has 5 heteroatoms. The van der Waals surface area contributed by atoms with Crippen LogP contribution in [0.2, 0.25) is 0 Å². The van der Waals surface area contributed by atoms with Crippen molar-refractivity contribution in [1.29, 1.82) is 0 Å². The molecule has 2 fully saturated rings. The first-order chi connectivity index (χ1) is 7.25. The first-order valence-corrected chi connectivity index (χ1v) is 6.26. The number of piperidine rings is 1. The van der Waals surface area contributed by atoms with Crippen molar-refractivity contribution in [3.63, 3.8) is 0 Å². The lowest BCUT2D eigenvalue weighted by Crippen LogP contribution is -2.34. The van der Waals surface area contributed by atoms with Gasteiger partial charge in [-0.15, -0.1) is 0 Å². The van der Waals surface area contributed by atoms with E-state index in [9.17, 15) is 0 Å². The molecule has 3 rings (SSSR count). The van der Waals surface area contributed by atoms with Gasteiger partial charge in [-0.3, -0.25) is 0 Å². The summed E-state index contributed by atoms with van der Waals surface area (Å²) in [7, 11) is 0. The summed E-state index contributed by atoms with van der Waals surface area (Å²) < 4.78 is 2.93. The number of nitrogen functional groups attached to an aromatic ring is 1. The van der Waals surface area contributed by atoms with E-state index in [0.29, 0.717) is 6.04 Å². The molecule has 3 heterocycles. The van der Waals surface area contributed by atoms with Gasteiger partial charge in [-0.1, -0.05) is 0 Å². The second-order valence-corrected chi connectivity index (χ2v) is 5.38. The van der Waals surface area contributed by atoms with Crippen molar-refractivity contribution in [3.8, 4) is 0 Å². The fourth-order valence-corrected chi connectivity index (χ4v) is 3.14. The maximum atomic E-state index is 6.00. The molecule has 0 aromatic carbocycles. The summed E-state index contributed by atoms with van der Waals surface area (Å²) in [6.07, 6.45) is 4.28. The molecule has 82 valence electrons. The molecule has 15 heavy (non-hydrogen) atoms. The topological polar surface area (TPSA) is 47.1 Å². The normalized spacial score (nSPS) is 34.6. The zero-order chi connectivity index (χ0) is 10.4.